The van der Waals surface area contributed by atoms with Crippen molar-refractivity contribution in [1.29, 1.82) is 0 Å². The van der Waals surface area contributed by atoms with Crippen LogP contribution in [-0.4, -0.2) is 88.9 Å². The molecular formula is C21H34ClN5O. The largest absolute Gasteiger partial charge is 0.383 e. The number of nitrogens with one attached hydrogen (secondary N) is 1. The summed E-state index contributed by atoms with van der Waals surface area (Å²) in [5, 5.41) is 4.45. The zero-order chi connectivity index (χ0) is 19.8. The Morgan fingerprint density at radius 1 is 1.14 bits per heavy atom. The Balaban J connectivity index is 1.41. The van der Waals surface area contributed by atoms with Crippen LogP contribution < -0.4 is 10.2 Å². The molecule has 1 aromatic carbocycles. The molecule has 0 spiro atoms. The molecule has 156 valence electrons. The van der Waals surface area contributed by atoms with Gasteiger partial charge in [0.25, 0.3) is 0 Å². The van der Waals surface area contributed by atoms with Gasteiger partial charge in [0.05, 0.1) is 17.3 Å². The average Bonchev–Trinajstić information content (AvgIpc) is 2.74. The number of methoxy groups -OCH3 is 1. The number of ether oxygens (including phenoxy) is 1. The van der Waals surface area contributed by atoms with Crippen LogP contribution in [0.4, 0.5) is 5.69 Å². The van der Waals surface area contributed by atoms with Gasteiger partial charge in [-0.2, -0.15) is 0 Å². The second-order valence-corrected chi connectivity index (χ2v) is 8.04. The van der Waals surface area contributed by atoms with Gasteiger partial charge in [-0.15, -0.1) is 0 Å². The van der Waals surface area contributed by atoms with Crippen LogP contribution in [0.15, 0.2) is 29.3 Å². The second kappa shape index (κ2) is 10.9. The van der Waals surface area contributed by atoms with Crippen molar-refractivity contribution in [3.63, 3.8) is 0 Å². The molecule has 0 atom stereocenters. The maximum absolute atomic E-state index is 6.36. The Kier molecular flexibility index (Phi) is 8.25. The summed E-state index contributed by atoms with van der Waals surface area (Å²) in [6, 6.07) is 8.10. The van der Waals surface area contributed by atoms with Gasteiger partial charge in [0.2, 0.25) is 0 Å². The lowest BCUT2D eigenvalue weighted by atomic mass is 9.97. The van der Waals surface area contributed by atoms with Crippen LogP contribution in [0.5, 0.6) is 0 Å². The first-order chi connectivity index (χ1) is 13.7. The highest BCUT2D eigenvalue weighted by Gasteiger charge is 2.23. The van der Waals surface area contributed by atoms with Crippen LogP contribution in [0.2, 0.25) is 5.02 Å². The summed E-state index contributed by atoms with van der Waals surface area (Å²) in [7, 11) is 3.66. The van der Waals surface area contributed by atoms with E-state index in [4.69, 9.17) is 16.3 Å². The van der Waals surface area contributed by atoms with E-state index in [-0.39, 0.29) is 0 Å². The number of likely N-dealkylation sites (tertiary alicyclic amines) is 1. The molecule has 1 aromatic rings. The van der Waals surface area contributed by atoms with Crippen LogP contribution in [0.3, 0.4) is 0 Å². The third-order valence-electron chi connectivity index (χ3n) is 5.85. The average molecular weight is 408 g/mol. The second-order valence-electron chi connectivity index (χ2n) is 7.63. The molecule has 6 nitrogen and oxygen atoms in total. The summed E-state index contributed by atoms with van der Waals surface area (Å²) in [4.78, 5) is 11.8. The van der Waals surface area contributed by atoms with Crippen molar-refractivity contribution in [1.82, 2.24) is 15.1 Å². The van der Waals surface area contributed by atoms with Gasteiger partial charge in [-0.1, -0.05) is 23.7 Å². The van der Waals surface area contributed by atoms with Crippen molar-refractivity contribution < 1.29 is 4.74 Å². The van der Waals surface area contributed by atoms with Gasteiger partial charge in [0, 0.05) is 53.4 Å². The quantitative estimate of drug-likeness (QED) is 0.579. The number of nitrogens with zero attached hydrogens (tertiary/aromatic N) is 4. The van der Waals surface area contributed by atoms with Crippen LogP contribution in [0, 0.1) is 5.92 Å². The van der Waals surface area contributed by atoms with Crippen LogP contribution >= 0.6 is 11.6 Å². The molecule has 3 rings (SSSR count). The van der Waals surface area contributed by atoms with Crippen molar-refractivity contribution in [2.45, 2.75) is 12.8 Å². The molecule has 28 heavy (non-hydrogen) atoms. The number of piperazine rings is 1. The smallest absolute Gasteiger partial charge is 0.193 e. The molecule has 0 unspecified atom stereocenters. The lowest BCUT2D eigenvalue weighted by Gasteiger charge is -2.38. The number of halogens is 1. The number of hydrogen-bond acceptors (Lipinski definition) is 4. The van der Waals surface area contributed by atoms with E-state index in [1.54, 1.807) is 7.11 Å². The molecule has 0 aromatic heterocycles. The Bertz CT molecular complexity index is 625. The lowest BCUT2D eigenvalue weighted by Crippen LogP contribution is -2.53. The van der Waals surface area contributed by atoms with Crippen molar-refractivity contribution >= 4 is 23.2 Å². The summed E-state index contributed by atoms with van der Waals surface area (Å²) in [5.74, 6) is 1.75. The Labute approximate surface area is 174 Å². The zero-order valence-corrected chi connectivity index (χ0v) is 18.0. The summed E-state index contributed by atoms with van der Waals surface area (Å²) >= 11 is 6.36. The maximum atomic E-state index is 6.36. The number of hydrogen-bond donors (Lipinski definition) is 1. The molecule has 0 aliphatic carbocycles. The molecule has 0 bridgehead atoms. The molecule has 0 amide bonds. The minimum atomic E-state index is 0.722. The van der Waals surface area contributed by atoms with Crippen LogP contribution in [0.1, 0.15) is 12.8 Å². The molecule has 1 N–H and O–H groups in total. The van der Waals surface area contributed by atoms with E-state index in [1.807, 2.05) is 19.2 Å². The number of benzene rings is 1. The van der Waals surface area contributed by atoms with E-state index < -0.39 is 0 Å². The molecule has 2 aliphatic rings. The summed E-state index contributed by atoms with van der Waals surface area (Å²) in [6.07, 6.45) is 2.49. The normalized spacial score (nSPS) is 19.9. The lowest BCUT2D eigenvalue weighted by molar-refractivity contribution is 0.120. The first kappa shape index (κ1) is 21.2. The molecule has 2 fully saturated rings. The zero-order valence-electron chi connectivity index (χ0n) is 17.2. The van der Waals surface area contributed by atoms with Gasteiger partial charge in [-0.05, 0) is 44.0 Å². The summed E-state index contributed by atoms with van der Waals surface area (Å²) < 4.78 is 5.19. The third kappa shape index (κ3) is 5.75. The van der Waals surface area contributed by atoms with Gasteiger partial charge in [-0.25, -0.2) is 0 Å². The van der Waals surface area contributed by atoms with E-state index in [2.05, 4.69) is 37.1 Å². The highest BCUT2D eigenvalue weighted by Crippen LogP contribution is 2.26. The van der Waals surface area contributed by atoms with Crippen molar-refractivity contribution in [3.8, 4) is 0 Å². The highest BCUT2D eigenvalue weighted by atomic mass is 35.5. The molecule has 0 saturated carbocycles. The fraction of sp³-hybridized carbons (Fsp3) is 0.667. The third-order valence-corrected chi connectivity index (χ3v) is 6.17. The highest BCUT2D eigenvalue weighted by molar-refractivity contribution is 6.33. The van der Waals surface area contributed by atoms with Crippen molar-refractivity contribution in [2.75, 3.05) is 78.0 Å². The van der Waals surface area contributed by atoms with E-state index >= 15 is 0 Å². The van der Waals surface area contributed by atoms with Gasteiger partial charge in [0.15, 0.2) is 5.96 Å². The van der Waals surface area contributed by atoms with Gasteiger partial charge in [-0.3, -0.25) is 4.99 Å². The first-order valence-electron chi connectivity index (χ1n) is 10.4. The molecule has 2 heterocycles. The van der Waals surface area contributed by atoms with Gasteiger partial charge < -0.3 is 24.8 Å². The molecular weight excluding hydrogens is 374 g/mol. The van der Waals surface area contributed by atoms with Crippen LogP contribution in [-0.2, 0) is 4.74 Å². The minimum Gasteiger partial charge on any atom is -0.383 e. The standard InChI is InChI=1S/C21H34ClN5O/c1-23-21(24-17-18-7-9-25(10-8-18)15-16-28-2)27-13-11-26(12-14-27)20-6-4-3-5-19(20)22/h3-6,18H,7-17H2,1-2H3,(H,23,24). The number of anilines is 1. The Morgan fingerprint density at radius 2 is 1.86 bits per heavy atom. The van der Waals surface area contributed by atoms with E-state index in [0.29, 0.717) is 0 Å². The Hall–Kier alpha value is -1.50. The van der Waals surface area contributed by atoms with E-state index in [0.717, 1.165) is 68.5 Å². The summed E-state index contributed by atoms with van der Waals surface area (Å²) in [5.41, 5.74) is 1.13. The first-order valence-corrected chi connectivity index (χ1v) is 10.8. The van der Waals surface area contributed by atoms with Gasteiger partial charge in [0.1, 0.15) is 0 Å². The molecule has 0 radical (unpaired) electrons. The number of para-hydroxylation sites is 1. The SMILES string of the molecule is CN=C(NCC1CCN(CCOC)CC1)N1CCN(c2ccccc2Cl)CC1. The molecule has 7 heteroatoms. The van der Waals surface area contributed by atoms with Crippen molar-refractivity contribution in [2.24, 2.45) is 10.9 Å². The predicted octanol–water partition coefficient (Wildman–Crippen LogP) is 2.40. The number of rotatable bonds is 6. The van der Waals surface area contributed by atoms with E-state index in [1.165, 1.54) is 25.9 Å². The van der Waals surface area contributed by atoms with E-state index in [9.17, 15) is 0 Å². The van der Waals surface area contributed by atoms with Crippen molar-refractivity contribution in [3.05, 3.63) is 29.3 Å². The topological polar surface area (TPSA) is 43.3 Å². The monoisotopic (exact) mass is 407 g/mol. The fourth-order valence-corrected chi connectivity index (χ4v) is 4.33. The number of aliphatic imine (C=N–C) groups is 1. The molecule has 2 aliphatic heterocycles. The molecule has 2 saturated heterocycles. The fourth-order valence-electron chi connectivity index (χ4n) is 4.07. The Morgan fingerprint density at radius 3 is 2.50 bits per heavy atom. The predicted molar refractivity (Wildman–Crippen MR) is 118 cm³/mol. The van der Waals surface area contributed by atoms with Gasteiger partial charge >= 0.3 is 0 Å². The number of guanidine groups is 1. The minimum absolute atomic E-state index is 0.722. The maximum Gasteiger partial charge on any atom is 0.193 e. The van der Waals surface area contributed by atoms with Crippen LogP contribution in [0.25, 0.3) is 0 Å². The number of piperidine rings is 1. The summed E-state index contributed by atoms with van der Waals surface area (Å²) in [6.45, 7) is 9.07.